The summed E-state index contributed by atoms with van der Waals surface area (Å²) in [5.74, 6) is 0.240. The highest BCUT2D eigenvalue weighted by Crippen LogP contribution is 2.20. The lowest BCUT2D eigenvalue weighted by Crippen LogP contribution is -2.45. The quantitative estimate of drug-likeness (QED) is 0.462. The number of rotatable bonds is 0. The molecule has 2 nitrogen and oxygen atoms in total. The molecule has 9 heavy (non-hydrogen) atoms. The Kier molecular flexibility index (Phi) is 1.20. The summed E-state index contributed by atoms with van der Waals surface area (Å²) in [6, 6.07) is 0.101. The molecule has 52 valence electrons. The zero-order chi connectivity index (χ0) is 6.27. The third-order valence-electron chi connectivity index (χ3n) is 2.25. The zero-order valence-electron chi connectivity index (χ0n) is 5.23. The molecule has 0 aromatic heterocycles. The molecular formula is C6H11FN2. The number of halogens is 1. The number of hydrogen-bond donors (Lipinski definition) is 2. The number of alkyl halides is 1. The Bertz CT molecular complexity index is 102. The van der Waals surface area contributed by atoms with Gasteiger partial charge in [-0.15, -0.1) is 0 Å². The Morgan fingerprint density at radius 2 is 2.11 bits per heavy atom. The molecule has 2 fully saturated rings. The average Bonchev–Trinajstić information content (AvgIpc) is 2.19. The van der Waals surface area contributed by atoms with Gasteiger partial charge in [-0.2, -0.15) is 0 Å². The lowest BCUT2D eigenvalue weighted by molar-refractivity contribution is 0.205. The highest BCUT2D eigenvalue weighted by atomic mass is 19.1. The van der Waals surface area contributed by atoms with Crippen molar-refractivity contribution in [2.24, 2.45) is 5.92 Å². The number of piperidine rings is 1. The molecule has 0 aliphatic carbocycles. The van der Waals surface area contributed by atoms with E-state index in [1.807, 2.05) is 0 Å². The Morgan fingerprint density at radius 3 is 2.78 bits per heavy atom. The molecule has 0 radical (unpaired) electrons. The van der Waals surface area contributed by atoms with E-state index in [1.165, 1.54) is 0 Å². The molecule has 0 aromatic carbocycles. The van der Waals surface area contributed by atoms with Crippen LogP contribution >= 0.6 is 0 Å². The smallest absolute Gasteiger partial charge is 0.122 e. The zero-order valence-corrected chi connectivity index (χ0v) is 5.23. The van der Waals surface area contributed by atoms with E-state index in [9.17, 15) is 4.39 Å². The minimum absolute atomic E-state index is 0.101. The lowest BCUT2D eigenvalue weighted by atomic mass is 10.00. The minimum atomic E-state index is -0.591. The van der Waals surface area contributed by atoms with Crippen LogP contribution in [0.1, 0.15) is 0 Å². The average molecular weight is 130 g/mol. The highest BCUT2D eigenvalue weighted by Gasteiger charge is 2.38. The Balaban J connectivity index is 2.10. The number of hydrogen-bond acceptors (Lipinski definition) is 2. The van der Waals surface area contributed by atoms with Crippen LogP contribution in [-0.2, 0) is 0 Å². The molecule has 2 aliphatic heterocycles. The van der Waals surface area contributed by atoms with E-state index in [2.05, 4.69) is 10.6 Å². The predicted molar refractivity (Wildman–Crippen MR) is 33.0 cm³/mol. The SMILES string of the molecule is FC1C2CNCC1NC2. The van der Waals surface area contributed by atoms with Crippen LogP contribution in [0.3, 0.4) is 0 Å². The van der Waals surface area contributed by atoms with Crippen molar-refractivity contribution < 1.29 is 4.39 Å². The molecular weight excluding hydrogens is 119 g/mol. The highest BCUT2D eigenvalue weighted by molar-refractivity contribution is 4.96. The number of fused-ring (bicyclic) bond motifs is 2. The van der Waals surface area contributed by atoms with Gasteiger partial charge in [-0.3, -0.25) is 0 Å². The van der Waals surface area contributed by atoms with Gasteiger partial charge >= 0.3 is 0 Å². The fourth-order valence-electron chi connectivity index (χ4n) is 1.65. The summed E-state index contributed by atoms with van der Waals surface area (Å²) in [7, 11) is 0. The fourth-order valence-corrected chi connectivity index (χ4v) is 1.65. The second-order valence-electron chi connectivity index (χ2n) is 2.88. The van der Waals surface area contributed by atoms with E-state index < -0.39 is 6.17 Å². The van der Waals surface area contributed by atoms with Gasteiger partial charge < -0.3 is 10.6 Å². The first kappa shape index (κ1) is 5.62. The van der Waals surface area contributed by atoms with Gasteiger partial charge in [0.1, 0.15) is 6.17 Å². The molecule has 3 unspecified atom stereocenters. The minimum Gasteiger partial charge on any atom is -0.315 e. The summed E-state index contributed by atoms with van der Waals surface area (Å²) in [4.78, 5) is 0. The third-order valence-corrected chi connectivity index (χ3v) is 2.25. The van der Waals surface area contributed by atoms with Crippen LogP contribution in [0.2, 0.25) is 0 Å². The van der Waals surface area contributed by atoms with Crippen molar-refractivity contribution in [3.63, 3.8) is 0 Å². The van der Waals surface area contributed by atoms with E-state index in [1.54, 1.807) is 0 Å². The van der Waals surface area contributed by atoms with Crippen LogP contribution < -0.4 is 10.6 Å². The molecule has 2 bridgehead atoms. The second kappa shape index (κ2) is 1.92. The molecule has 0 saturated carbocycles. The van der Waals surface area contributed by atoms with Crippen molar-refractivity contribution in [2.45, 2.75) is 12.2 Å². The topological polar surface area (TPSA) is 24.1 Å². The van der Waals surface area contributed by atoms with E-state index in [0.717, 1.165) is 19.6 Å². The van der Waals surface area contributed by atoms with Crippen LogP contribution in [0.15, 0.2) is 0 Å². The molecule has 2 rings (SSSR count). The fraction of sp³-hybridized carbons (Fsp3) is 1.00. The van der Waals surface area contributed by atoms with Gasteiger partial charge in [0.2, 0.25) is 0 Å². The molecule has 2 heterocycles. The summed E-state index contributed by atoms with van der Waals surface area (Å²) in [5, 5.41) is 6.31. The largest absolute Gasteiger partial charge is 0.315 e. The van der Waals surface area contributed by atoms with Crippen molar-refractivity contribution in [3.05, 3.63) is 0 Å². The van der Waals surface area contributed by atoms with Crippen molar-refractivity contribution in [2.75, 3.05) is 19.6 Å². The van der Waals surface area contributed by atoms with Gasteiger partial charge in [-0.1, -0.05) is 0 Å². The molecule has 3 atom stereocenters. The van der Waals surface area contributed by atoms with Crippen molar-refractivity contribution in [1.82, 2.24) is 10.6 Å². The number of nitrogens with one attached hydrogen (secondary N) is 2. The maximum absolute atomic E-state index is 12.9. The monoisotopic (exact) mass is 130 g/mol. The van der Waals surface area contributed by atoms with Gasteiger partial charge in [0.15, 0.2) is 0 Å². The molecule has 0 aromatic rings. The third kappa shape index (κ3) is 0.756. The summed E-state index contributed by atoms with van der Waals surface area (Å²) in [5.41, 5.74) is 0. The normalized spacial score (nSPS) is 49.7. The first-order chi connectivity index (χ1) is 4.38. The molecule has 2 saturated heterocycles. The molecule has 0 amide bonds. The summed E-state index contributed by atoms with van der Waals surface area (Å²) < 4.78 is 12.9. The summed E-state index contributed by atoms with van der Waals surface area (Å²) >= 11 is 0. The Hall–Kier alpha value is -0.150. The van der Waals surface area contributed by atoms with Gasteiger partial charge in [-0.05, 0) is 0 Å². The van der Waals surface area contributed by atoms with Crippen LogP contribution in [-0.4, -0.2) is 31.8 Å². The van der Waals surface area contributed by atoms with E-state index in [4.69, 9.17) is 0 Å². The summed E-state index contributed by atoms with van der Waals surface area (Å²) in [6.07, 6.45) is -0.591. The molecule has 2 aliphatic rings. The maximum Gasteiger partial charge on any atom is 0.122 e. The van der Waals surface area contributed by atoms with Crippen molar-refractivity contribution in [3.8, 4) is 0 Å². The predicted octanol–water partition coefficient (Wildman–Crippen LogP) is -0.484. The van der Waals surface area contributed by atoms with Crippen LogP contribution in [0.25, 0.3) is 0 Å². The van der Waals surface area contributed by atoms with Gasteiger partial charge in [0, 0.05) is 25.6 Å². The lowest BCUT2D eigenvalue weighted by Gasteiger charge is -2.22. The molecule has 0 spiro atoms. The van der Waals surface area contributed by atoms with E-state index in [-0.39, 0.29) is 12.0 Å². The molecule has 2 N–H and O–H groups in total. The van der Waals surface area contributed by atoms with Crippen molar-refractivity contribution in [1.29, 1.82) is 0 Å². The van der Waals surface area contributed by atoms with E-state index in [0.29, 0.717) is 0 Å². The first-order valence-corrected chi connectivity index (χ1v) is 3.46. The first-order valence-electron chi connectivity index (χ1n) is 3.46. The van der Waals surface area contributed by atoms with Crippen molar-refractivity contribution >= 4 is 0 Å². The standard InChI is InChI=1S/C6H11FN2/c7-6-4-1-8-3-5(6)9-2-4/h4-6,8-9H,1-3H2. The van der Waals surface area contributed by atoms with Crippen LogP contribution in [0.4, 0.5) is 4.39 Å². The Morgan fingerprint density at radius 1 is 1.22 bits per heavy atom. The maximum atomic E-state index is 12.9. The van der Waals surface area contributed by atoms with Crippen LogP contribution in [0.5, 0.6) is 0 Å². The Labute approximate surface area is 53.8 Å². The summed E-state index contributed by atoms with van der Waals surface area (Å²) in [6.45, 7) is 2.52. The van der Waals surface area contributed by atoms with Gasteiger partial charge in [-0.25, -0.2) is 4.39 Å². The van der Waals surface area contributed by atoms with Crippen LogP contribution in [0, 0.1) is 5.92 Å². The van der Waals surface area contributed by atoms with E-state index >= 15 is 0 Å². The molecule has 3 heteroatoms. The van der Waals surface area contributed by atoms with Gasteiger partial charge in [0.05, 0.1) is 6.04 Å². The van der Waals surface area contributed by atoms with Gasteiger partial charge in [0.25, 0.3) is 0 Å². The second-order valence-corrected chi connectivity index (χ2v) is 2.88.